The third kappa shape index (κ3) is 5.15. The van der Waals surface area contributed by atoms with E-state index >= 15 is 0 Å². The van der Waals surface area contributed by atoms with Gasteiger partial charge in [-0.3, -0.25) is 4.79 Å². The number of aryl methyl sites for hydroxylation is 1. The molecule has 2 aromatic rings. The van der Waals surface area contributed by atoms with Crippen molar-refractivity contribution in [1.82, 2.24) is 0 Å². The van der Waals surface area contributed by atoms with Gasteiger partial charge in [-0.1, -0.05) is 29.5 Å². The topological polar surface area (TPSA) is 57.6 Å². The summed E-state index contributed by atoms with van der Waals surface area (Å²) in [5.74, 6) is 4.71. The summed E-state index contributed by atoms with van der Waals surface area (Å²) in [5.41, 5.74) is 1.41. The molecule has 6 heteroatoms. The van der Waals surface area contributed by atoms with Crippen LogP contribution in [0.15, 0.2) is 24.3 Å². The van der Waals surface area contributed by atoms with E-state index in [0.717, 1.165) is 16.9 Å². The highest BCUT2D eigenvalue weighted by atomic mass is 35.5. The summed E-state index contributed by atoms with van der Waals surface area (Å²) < 4.78 is 0. The fourth-order valence-corrected chi connectivity index (χ4v) is 3.73. The number of nitrogens with zero attached hydrogens (tertiary/aromatic N) is 1. The first kappa shape index (κ1) is 22.0. The SMILES string of the molecule is Cc1ccc(C(=O)N(c2cc(C#CC(C)(C)C)sc2C(=O)O)C(C)C)c(Cl)c1. The Morgan fingerprint density at radius 2 is 1.86 bits per heavy atom. The quantitative estimate of drug-likeness (QED) is 0.633. The van der Waals surface area contributed by atoms with Gasteiger partial charge in [0.15, 0.2) is 0 Å². The molecule has 0 saturated heterocycles. The fraction of sp³-hybridized carbons (Fsp3) is 0.364. The molecule has 0 atom stereocenters. The van der Waals surface area contributed by atoms with Gasteiger partial charge < -0.3 is 10.0 Å². The fourth-order valence-electron chi connectivity index (χ4n) is 2.57. The molecule has 1 aromatic carbocycles. The molecule has 0 saturated carbocycles. The van der Waals surface area contributed by atoms with Gasteiger partial charge >= 0.3 is 5.97 Å². The number of hydrogen-bond donors (Lipinski definition) is 1. The summed E-state index contributed by atoms with van der Waals surface area (Å²) in [7, 11) is 0. The molecule has 0 bridgehead atoms. The van der Waals surface area contributed by atoms with Gasteiger partial charge in [0.1, 0.15) is 4.88 Å². The third-order valence-electron chi connectivity index (χ3n) is 3.82. The monoisotopic (exact) mass is 417 g/mol. The molecule has 1 amide bonds. The summed E-state index contributed by atoms with van der Waals surface area (Å²) >= 11 is 7.36. The predicted octanol–water partition coefficient (Wildman–Crippen LogP) is 5.86. The highest BCUT2D eigenvalue weighted by Crippen LogP contribution is 2.34. The number of carboxylic acid groups (broad SMARTS) is 1. The van der Waals surface area contributed by atoms with Gasteiger partial charge in [0.25, 0.3) is 5.91 Å². The van der Waals surface area contributed by atoms with Crippen LogP contribution in [0.4, 0.5) is 5.69 Å². The summed E-state index contributed by atoms with van der Waals surface area (Å²) in [5, 5.41) is 10.0. The standard InChI is InChI=1S/C22H24ClNO3S/c1-13(2)24(20(25)16-8-7-14(3)11-17(16)23)18-12-15(9-10-22(4,5)6)28-19(18)21(26)27/h7-8,11-13H,1-6H3,(H,26,27). The Balaban J connectivity index is 2.59. The van der Waals surface area contributed by atoms with Crippen LogP contribution in [0.2, 0.25) is 5.02 Å². The summed E-state index contributed by atoms with van der Waals surface area (Å²) in [6, 6.07) is 6.61. The van der Waals surface area contributed by atoms with E-state index in [1.807, 2.05) is 47.6 Å². The molecule has 148 valence electrons. The van der Waals surface area contributed by atoms with Crippen LogP contribution < -0.4 is 4.90 Å². The van der Waals surface area contributed by atoms with Crippen molar-refractivity contribution < 1.29 is 14.7 Å². The number of rotatable bonds is 4. The Labute approximate surface area is 175 Å². The van der Waals surface area contributed by atoms with Crippen LogP contribution in [-0.4, -0.2) is 23.0 Å². The molecule has 4 nitrogen and oxygen atoms in total. The lowest BCUT2D eigenvalue weighted by molar-refractivity contribution is 0.0703. The second-order valence-electron chi connectivity index (χ2n) is 7.88. The van der Waals surface area contributed by atoms with E-state index in [-0.39, 0.29) is 22.2 Å². The molecule has 0 aliphatic rings. The maximum absolute atomic E-state index is 13.2. The van der Waals surface area contributed by atoms with Gasteiger partial charge in [0.05, 0.1) is 21.2 Å². The summed E-state index contributed by atoms with van der Waals surface area (Å²) in [4.78, 5) is 27.2. The highest BCUT2D eigenvalue weighted by molar-refractivity contribution is 7.15. The maximum atomic E-state index is 13.2. The normalized spacial score (nSPS) is 11.1. The number of hydrogen-bond acceptors (Lipinski definition) is 3. The molecule has 2 rings (SSSR count). The highest BCUT2D eigenvalue weighted by Gasteiger charge is 2.28. The van der Waals surface area contributed by atoms with Crippen LogP contribution in [0.1, 0.15) is 65.1 Å². The Morgan fingerprint density at radius 3 is 2.36 bits per heavy atom. The number of anilines is 1. The summed E-state index contributed by atoms with van der Waals surface area (Å²) in [6.45, 7) is 11.5. The van der Waals surface area contributed by atoms with Crippen molar-refractivity contribution in [3.05, 3.63) is 50.2 Å². The van der Waals surface area contributed by atoms with E-state index in [1.165, 1.54) is 4.90 Å². The molecule has 0 radical (unpaired) electrons. The first-order chi connectivity index (χ1) is 12.9. The van der Waals surface area contributed by atoms with Gasteiger partial charge in [-0.15, -0.1) is 11.3 Å². The molecule has 28 heavy (non-hydrogen) atoms. The third-order valence-corrected chi connectivity index (χ3v) is 5.16. The van der Waals surface area contributed by atoms with E-state index < -0.39 is 5.97 Å². The number of benzene rings is 1. The van der Waals surface area contributed by atoms with Crippen LogP contribution >= 0.6 is 22.9 Å². The zero-order chi connectivity index (χ0) is 21.2. The second kappa shape index (κ2) is 8.38. The van der Waals surface area contributed by atoms with Crippen molar-refractivity contribution in [2.24, 2.45) is 5.41 Å². The van der Waals surface area contributed by atoms with Crippen LogP contribution in [0, 0.1) is 24.2 Å². The average molecular weight is 418 g/mol. The summed E-state index contributed by atoms with van der Waals surface area (Å²) in [6.07, 6.45) is 0. The lowest BCUT2D eigenvalue weighted by atomic mass is 9.98. The van der Waals surface area contributed by atoms with Gasteiger partial charge in [-0.05, 0) is 65.3 Å². The number of aromatic carboxylic acids is 1. The van der Waals surface area contributed by atoms with Crippen molar-refractivity contribution in [1.29, 1.82) is 0 Å². The molecule has 0 unspecified atom stereocenters. The zero-order valence-corrected chi connectivity index (χ0v) is 18.5. The van der Waals surface area contributed by atoms with E-state index in [0.29, 0.717) is 21.2 Å². The zero-order valence-electron chi connectivity index (χ0n) is 16.9. The van der Waals surface area contributed by atoms with Crippen molar-refractivity contribution in [2.75, 3.05) is 4.90 Å². The Bertz CT molecular complexity index is 974. The van der Waals surface area contributed by atoms with Crippen LogP contribution in [-0.2, 0) is 0 Å². The van der Waals surface area contributed by atoms with Crippen molar-refractivity contribution in [2.45, 2.75) is 47.6 Å². The molecular weight excluding hydrogens is 394 g/mol. The van der Waals surface area contributed by atoms with Crippen LogP contribution in [0.25, 0.3) is 0 Å². The molecule has 0 aliphatic carbocycles. The van der Waals surface area contributed by atoms with Gasteiger partial charge in [-0.2, -0.15) is 0 Å². The van der Waals surface area contributed by atoms with Crippen molar-refractivity contribution in [3.63, 3.8) is 0 Å². The molecule has 1 aromatic heterocycles. The lowest BCUT2D eigenvalue weighted by Gasteiger charge is -2.27. The number of carbonyl (C=O) groups is 2. The van der Waals surface area contributed by atoms with Crippen LogP contribution in [0.5, 0.6) is 0 Å². The Kier molecular flexibility index (Phi) is 6.59. The molecule has 0 spiro atoms. The predicted molar refractivity (Wildman–Crippen MR) is 116 cm³/mol. The minimum atomic E-state index is -1.09. The lowest BCUT2D eigenvalue weighted by Crippen LogP contribution is -2.37. The van der Waals surface area contributed by atoms with Crippen molar-refractivity contribution >= 4 is 40.5 Å². The Morgan fingerprint density at radius 1 is 1.21 bits per heavy atom. The maximum Gasteiger partial charge on any atom is 0.348 e. The van der Waals surface area contributed by atoms with Crippen molar-refractivity contribution in [3.8, 4) is 11.8 Å². The smallest absolute Gasteiger partial charge is 0.348 e. The number of amides is 1. The molecule has 1 N–H and O–H groups in total. The van der Waals surface area contributed by atoms with Gasteiger partial charge in [0.2, 0.25) is 0 Å². The van der Waals surface area contributed by atoms with Gasteiger partial charge in [0, 0.05) is 11.5 Å². The van der Waals surface area contributed by atoms with Crippen LogP contribution in [0.3, 0.4) is 0 Å². The number of halogens is 1. The van der Waals surface area contributed by atoms with E-state index in [2.05, 4.69) is 11.8 Å². The minimum Gasteiger partial charge on any atom is -0.477 e. The number of thiophene rings is 1. The van der Waals surface area contributed by atoms with E-state index in [9.17, 15) is 14.7 Å². The first-order valence-corrected chi connectivity index (χ1v) is 10.1. The van der Waals surface area contributed by atoms with E-state index in [1.54, 1.807) is 18.2 Å². The molecule has 0 aliphatic heterocycles. The molecule has 0 fully saturated rings. The number of carboxylic acids is 1. The van der Waals surface area contributed by atoms with Gasteiger partial charge in [-0.25, -0.2) is 4.79 Å². The second-order valence-corrected chi connectivity index (χ2v) is 9.34. The van der Waals surface area contributed by atoms with E-state index in [4.69, 9.17) is 11.6 Å². The first-order valence-electron chi connectivity index (χ1n) is 8.90. The molecular formula is C22H24ClNO3S. The largest absolute Gasteiger partial charge is 0.477 e. The minimum absolute atomic E-state index is 0.0866. The number of carbonyl (C=O) groups excluding carboxylic acids is 1. The average Bonchev–Trinajstić information content (AvgIpc) is 2.96. The Hall–Kier alpha value is -2.29. The molecule has 1 heterocycles.